The number of hydrogen-bond donors (Lipinski definition) is 3. The third-order valence-electron chi connectivity index (χ3n) is 2.74. The average Bonchev–Trinajstić information content (AvgIpc) is 2.34. The fourth-order valence-electron chi connectivity index (χ4n) is 1.41. The van der Waals surface area contributed by atoms with Crippen molar-refractivity contribution in [3.63, 3.8) is 0 Å². The number of carbonyl (C=O) groups is 1. The van der Waals surface area contributed by atoms with Crippen molar-refractivity contribution in [3.05, 3.63) is 29.8 Å². The molecule has 106 valence electrons. The van der Waals surface area contributed by atoms with Crippen molar-refractivity contribution in [3.8, 4) is 0 Å². The summed E-state index contributed by atoms with van der Waals surface area (Å²) in [6.07, 6.45) is 0. The number of amides is 1. The van der Waals surface area contributed by atoms with Crippen molar-refractivity contribution >= 4 is 15.9 Å². The van der Waals surface area contributed by atoms with Gasteiger partial charge < -0.3 is 11.1 Å². The zero-order valence-electron chi connectivity index (χ0n) is 11.0. The van der Waals surface area contributed by atoms with E-state index in [1.165, 1.54) is 12.1 Å². The van der Waals surface area contributed by atoms with Gasteiger partial charge in [-0.25, -0.2) is 13.6 Å². The summed E-state index contributed by atoms with van der Waals surface area (Å²) in [5.41, 5.74) is 6.47. The van der Waals surface area contributed by atoms with E-state index in [0.717, 1.165) is 5.56 Å². The predicted molar refractivity (Wildman–Crippen MR) is 72.5 cm³/mol. The van der Waals surface area contributed by atoms with E-state index < -0.39 is 16.1 Å². The van der Waals surface area contributed by atoms with Crippen molar-refractivity contribution in [1.82, 2.24) is 5.32 Å². The minimum Gasteiger partial charge on any atom is -0.351 e. The number of nitrogens with one attached hydrogen (secondary N) is 1. The summed E-state index contributed by atoms with van der Waals surface area (Å²) < 4.78 is 22.1. The number of sulfonamides is 1. The highest BCUT2D eigenvalue weighted by Gasteiger charge is 2.16. The van der Waals surface area contributed by atoms with Gasteiger partial charge in [-0.15, -0.1) is 0 Å². The molecule has 19 heavy (non-hydrogen) atoms. The van der Waals surface area contributed by atoms with E-state index in [1.54, 1.807) is 12.1 Å². The van der Waals surface area contributed by atoms with Crippen LogP contribution in [0, 0.1) is 5.92 Å². The normalized spacial score (nSPS) is 13.3. The van der Waals surface area contributed by atoms with E-state index in [1.807, 2.05) is 13.8 Å². The first-order valence-corrected chi connectivity index (χ1v) is 7.41. The van der Waals surface area contributed by atoms with Gasteiger partial charge in [0.25, 0.3) is 0 Å². The van der Waals surface area contributed by atoms with Crippen LogP contribution in [0.15, 0.2) is 29.2 Å². The molecular formula is C12H19N3O3S. The van der Waals surface area contributed by atoms with Crippen molar-refractivity contribution in [2.45, 2.75) is 31.3 Å². The van der Waals surface area contributed by atoms with Crippen molar-refractivity contribution in [1.29, 1.82) is 0 Å². The maximum Gasteiger partial charge on any atom is 0.238 e. The molecule has 0 fully saturated rings. The van der Waals surface area contributed by atoms with Gasteiger partial charge in [0.15, 0.2) is 0 Å². The molecule has 0 aromatic heterocycles. The van der Waals surface area contributed by atoms with Gasteiger partial charge in [-0.2, -0.15) is 0 Å². The largest absolute Gasteiger partial charge is 0.351 e. The van der Waals surface area contributed by atoms with Crippen LogP contribution >= 0.6 is 0 Å². The molecule has 0 aliphatic rings. The summed E-state index contributed by atoms with van der Waals surface area (Å²) in [6.45, 7) is 4.03. The number of nitrogens with two attached hydrogens (primary N) is 2. The Labute approximate surface area is 113 Å². The molecule has 5 N–H and O–H groups in total. The lowest BCUT2D eigenvalue weighted by Gasteiger charge is -2.15. The Balaban J connectivity index is 2.63. The third kappa shape index (κ3) is 4.62. The average molecular weight is 285 g/mol. The molecule has 1 atom stereocenters. The molecule has 6 nitrogen and oxygen atoms in total. The maximum absolute atomic E-state index is 11.6. The standard InChI is InChI=1S/C12H19N3O3S/c1-8(2)11(13)12(16)15-7-9-3-5-10(6-4-9)19(14,17)18/h3-6,8,11H,7,13H2,1-2H3,(H,15,16)(H2,14,17,18)/t11-/m0/s1. The second kappa shape index (κ2) is 6.14. The Hall–Kier alpha value is -1.44. The predicted octanol–water partition coefficient (Wildman–Crippen LogP) is -0.0665. The Kier molecular flexibility index (Phi) is 5.04. The SMILES string of the molecule is CC(C)[C@H](N)C(=O)NCc1ccc(S(N)(=O)=O)cc1. The number of carbonyl (C=O) groups excluding carboxylic acids is 1. The lowest BCUT2D eigenvalue weighted by molar-refractivity contribution is -0.123. The minimum atomic E-state index is -3.68. The summed E-state index contributed by atoms with van der Waals surface area (Å²) in [5.74, 6) is -0.171. The molecule has 0 spiro atoms. The first-order chi connectivity index (χ1) is 8.71. The Bertz CT molecular complexity index is 538. The van der Waals surface area contributed by atoms with Crippen LogP contribution in [-0.2, 0) is 21.4 Å². The molecule has 0 unspecified atom stereocenters. The zero-order chi connectivity index (χ0) is 14.6. The van der Waals surface area contributed by atoms with E-state index in [2.05, 4.69) is 5.32 Å². The molecule has 0 saturated carbocycles. The van der Waals surface area contributed by atoms with Crippen molar-refractivity contribution in [2.24, 2.45) is 16.8 Å². The lowest BCUT2D eigenvalue weighted by atomic mass is 10.0. The monoisotopic (exact) mass is 285 g/mol. The van der Waals surface area contributed by atoms with Gasteiger partial charge in [0.05, 0.1) is 10.9 Å². The molecule has 1 rings (SSSR count). The fraction of sp³-hybridized carbons (Fsp3) is 0.417. The highest BCUT2D eigenvalue weighted by atomic mass is 32.2. The highest BCUT2D eigenvalue weighted by molar-refractivity contribution is 7.89. The van der Waals surface area contributed by atoms with E-state index in [9.17, 15) is 13.2 Å². The molecule has 0 saturated heterocycles. The van der Waals surface area contributed by atoms with E-state index in [4.69, 9.17) is 10.9 Å². The Morgan fingerprint density at radius 3 is 2.21 bits per heavy atom. The van der Waals surface area contributed by atoms with Gasteiger partial charge in [0.2, 0.25) is 15.9 Å². The molecule has 0 bridgehead atoms. The molecule has 0 heterocycles. The molecule has 0 radical (unpaired) electrons. The fourth-order valence-corrected chi connectivity index (χ4v) is 1.92. The van der Waals surface area contributed by atoms with E-state index in [-0.39, 0.29) is 16.7 Å². The number of benzene rings is 1. The molecule has 1 amide bonds. The summed E-state index contributed by atoms with van der Waals surface area (Å²) in [6, 6.07) is 5.45. The smallest absolute Gasteiger partial charge is 0.238 e. The topological polar surface area (TPSA) is 115 Å². The van der Waals surface area contributed by atoms with Gasteiger partial charge in [-0.1, -0.05) is 26.0 Å². The maximum atomic E-state index is 11.6. The molecule has 0 aliphatic carbocycles. The first-order valence-electron chi connectivity index (χ1n) is 5.87. The van der Waals surface area contributed by atoms with Crippen LogP contribution in [0.3, 0.4) is 0 Å². The number of hydrogen-bond acceptors (Lipinski definition) is 4. The molecule has 1 aromatic carbocycles. The molecule has 7 heteroatoms. The highest BCUT2D eigenvalue weighted by Crippen LogP contribution is 2.08. The quantitative estimate of drug-likeness (QED) is 0.702. The Morgan fingerprint density at radius 2 is 1.79 bits per heavy atom. The second-order valence-electron chi connectivity index (χ2n) is 4.68. The minimum absolute atomic E-state index is 0.0430. The summed E-state index contributed by atoms with van der Waals surface area (Å²) in [4.78, 5) is 11.7. The van der Waals surface area contributed by atoms with Crippen LogP contribution in [0.5, 0.6) is 0 Å². The molecular weight excluding hydrogens is 266 g/mol. The second-order valence-corrected chi connectivity index (χ2v) is 6.24. The van der Waals surface area contributed by atoms with Gasteiger partial charge in [0, 0.05) is 6.54 Å². The van der Waals surface area contributed by atoms with Crippen LogP contribution in [0.2, 0.25) is 0 Å². The summed E-state index contributed by atoms with van der Waals surface area (Å²) in [5, 5.41) is 7.68. The Morgan fingerprint density at radius 1 is 1.26 bits per heavy atom. The van der Waals surface area contributed by atoms with Crippen LogP contribution < -0.4 is 16.2 Å². The van der Waals surface area contributed by atoms with Crippen molar-refractivity contribution in [2.75, 3.05) is 0 Å². The van der Waals surface area contributed by atoms with Crippen LogP contribution in [-0.4, -0.2) is 20.4 Å². The van der Waals surface area contributed by atoms with Gasteiger partial charge in [0.1, 0.15) is 0 Å². The van der Waals surface area contributed by atoms with Gasteiger partial charge >= 0.3 is 0 Å². The van der Waals surface area contributed by atoms with E-state index >= 15 is 0 Å². The van der Waals surface area contributed by atoms with Gasteiger partial charge in [-0.3, -0.25) is 4.79 Å². The van der Waals surface area contributed by atoms with Crippen LogP contribution in [0.25, 0.3) is 0 Å². The molecule has 1 aromatic rings. The lowest BCUT2D eigenvalue weighted by Crippen LogP contribution is -2.43. The molecule has 0 aliphatic heterocycles. The van der Waals surface area contributed by atoms with Crippen LogP contribution in [0.1, 0.15) is 19.4 Å². The van der Waals surface area contributed by atoms with E-state index in [0.29, 0.717) is 6.54 Å². The summed E-state index contributed by atoms with van der Waals surface area (Å²) >= 11 is 0. The number of primary sulfonamides is 1. The van der Waals surface area contributed by atoms with Gasteiger partial charge in [-0.05, 0) is 23.6 Å². The first kappa shape index (κ1) is 15.6. The third-order valence-corrected chi connectivity index (χ3v) is 3.67. The zero-order valence-corrected chi connectivity index (χ0v) is 11.8. The summed E-state index contributed by atoms with van der Waals surface area (Å²) in [7, 11) is -3.68. The van der Waals surface area contributed by atoms with Crippen LogP contribution in [0.4, 0.5) is 0 Å². The van der Waals surface area contributed by atoms with Crippen molar-refractivity contribution < 1.29 is 13.2 Å². The number of rotatable bonds is 5.